The van der Waals surface area contributed by atoms with Gasteiger partial charge in [-0.2, -0.15) is 26.3 Å². The number of carbonyl (C=O) groups excluding carboxylic acids is 1. The molecule has 1 N–H and O–H groups in total. The Labute approximate surface area is 228 Å². The molecule has 2 aromatic carbocycles. The Balaban J connectivity index is 1.54. The molecule has 0 bridgehead atoms. The van der Waals surface area contributed by atoms with Crippen LogP contribution in [0.2, 0.25) is 0 Å². The molecule has 214 valence electrons. The number of amides is 2. The number of alkyl halides is 6. The van der Waals surface area contributed by atoms with Crippen molar-refractivity contribution in [3.05, 3.63) is 82.3 Å². The lowest BCUT2D eigenvalue weighted by Gasteiger charge is -2.26. The zero-order valence-electron chi connectivity index (χ0n) is 22.0. The molecule has 1 fully saturated rings. The summed E-state index contributed by atoms with van der Waals surface area (Å²) in [6, 6.07) is 10.2. The van der Waals surface area contributed by atoms with Crippen molar-refractivity contribution in [1.82, 2.24) is 14.9 Å². The second kappa shape index (κ2) is 11.7. The molecule has 2 amide bonds. The van der Waals surface area contributed by atoms with Crippen LogP contribution < -0.4 is 10.2 Å². The van der Waals surface area contributed by atoms with Crippen LogP contribution in [0.3, 0.4) is 0 Å². The SMILES string of the molecule is CCc1nc(C)nc(N2CCCN(C(=O)Nc3cc(C(F)(F)F)cc(C(F)(F)F)c3)CC2)c1Cc1ccccc1. The molecule has 3 aromatic rings. The highest BCUT2D eigenvalue weighted by Crippen LogP contribution is 2.37. The molecule has 6 nitrogen and oxygen atoms in total. The Morgan fingerprint density at radius 2 is 1.55 bits per heavy atom. The van der Waals surface area contributed by atoms with E-state index in [9.17, 15) is 31.1 Å². The van der Waals surface area contributed by atoms with Crippen LogP contribution in [0.25, 0.3) is 0 Å². The van der Waals surface area contributed by atoms with Gasteiger partial charge in [-0.25, -0.2) is 14.8 Å². The normalized spacial score (nSPS) is 14.7. The second-order valence-electron chi connectivity index (χ2n) is 9.59. The summed E-state index contributed by atoms with van der Waals surface area (Å²) >= 11 is 0. The average molecular weight is 566 g/mol. The molecule has 1 aromatic heterocycles. The van der Waals surface area contributed by atoms with Crippen molar-refractivity contribution in [2.24, 2.45) is 0 Å². The number of aryl methyl sites for hydroxylation is 2. The molecular formula is C28H29F6N5O. The molecule has 12 heteroatoms. The number of hydrogen-bond donors (Lipinski definition) is 1. The largest absolute Gasteiger partial charge is 0.416 e. The summed E-state index contributed by atoms with van der Waals surface area (Å²) < 4.78 is 79.4. The Hall–Kier alpha value is -3.83. The number of rotatable bonds is 5. The Kier molecular flexibility index (Phi) is 8.55. The molecule has 1 aliphatic heterocycles. The quantitative estimate of drug-likeness (QED) is 0.349. The first-order chi connectivity index (χ1) is 18.8. The van der Waals surface area contributed by atoms with E-state index in [0.717, 1.165) is 22.6 Å². The van der Waals surface area contributed by atoms with Crippen molar-refractivity contribution < 1.29 is 31.1 Å². The molecule has 0 spiro atoms. The monoisotopic (exact) mass is 565 g/mol. The summed E-state index contributed by atoms with van der Waals surface area (Å²) in [6.07, 6.45) is -8.16. The maximum absolute atomic E-state index is 13.2. The summed E-state index contributed by atoms with van der Waals surface area (Å²) in [6.45, 7) is 5.25. The first kappa shape index (κ1) is 29.2. The van der Waals surface area contributed by atoms with E-state index in [1.807, 2.05) is 44.2 Å². The summed E-state index contributed by atoms with van der Waals surface area (Å²) in [5, 5.41) is 2.23. The van der Waals surface area contributed by atoms with Crippen LogP contribution in [-0.4, -0.2) is 47.1 Å². The average Bonchev–Trinajstić information content (AvgIpc) is 3.15. The van der Waals surface area contributed by atoms with Gasteiger partial charge in [-0.15, -0.1) is 0 Å². The number of carbonyl (C=O) groups is 1. The number of nitrogens with zero attached hydrogens (tertiary/aromatic N) is 4. The Morgan fingerprint density at radius 1 is 0.900 bits per heavy atom. The van der Waals surface area contributed by atoms with Gasteiger partial charge in [0, 0.05) is 49.5 Å². The molecule has 1 aliphatic rings. The van der Waals surface area contributed by atoms with E-state index in [1.165, 1.54) is 4.90 Å². The Bertz CT molecular complexity index is 1310. The maximum Gasteiger partial charge on any atom is 0.416 e. The highest BCUT2D eigenvalue weighted by molar-refractivity contribution is 5.89. The van der Waals surface area contributed by atoms with E-state index >= 15 is 0 Å². The molecule has 0 aliphatic carbocycles. The molecule has 0 atom stereocenters. The number of halogens is 6. The first-order valence-corrected chi connectivity index (χ1v) is 12.9. The topological polar surface area (TPSA) is 61.4 Å². The highest BCUT2D eigenvalue weighted by atomic mass is 19.4. The minimum Gasteiger partial charge on any atom is -0.354 e. The highest BCUT2D eigenvalue weighted by Gasteiger charge is 2.37. The van der Waals surface area contributed by atoms with Crippen molar-refractivity contribution in [3.63, 3.8) is 0 Å². The van der Waals surface area contributed by atoms with Gasteiger partial charge in [0.2, 0.25) is 0 Å². The smallest absolute Gasteiger partial charge is 0.354 e. The fraction of sp³-hybridized carbons (Fsp3) is 0.393. The van der Waals surface area contributed by atoms with E-state index in [0.29, 0.717) is 50.3 Å². The van der Waals surface area contributed by atoms with Gasteiger partial charge >= 0.3 is 18.4 Å². The van der Waals surface area contributed by atoms with Crippen LogP contribution in [0.4, 0.5) is 42.6 Å². The molecule has 2 heterocycles. The zero-order chi connectivity index (χ0) is 29.1. The van der Waals surface area contributed by atoms with Gasteiger partial charge in [0.25, 0.3) is 0 Å². The number of benzene rings is 2. The van der Waals surface area contributed by atoms with Crippen LogP contribution in [0.5, 0.6) is 0 Å². The van der Waals surface area contributed by atoms with Gasteiger partial charge in [-0.05, 0) is 43.5 Å². The summed E-state index contributed by atoms with van der Waals surface area (Å²) in [4.78, 5) is 25.8. The third kappa shape index (κ3) is 7.02. The third-order valence-electron chi connectivity index (χ3n) is 6.66. The standard InChI is InChI=1S/C28H29F6N5O/c1-3-24-23(14-19-8-5-4-6-9-19)25(36-18(2)35-24)38-10-7-11-39(13-12-38)26(40)37-22-16-20(27(29,30)31)15-21(17-22)28(32,33)34/h4-6,8-9,15-17H,3,7,10-14H2,1-2H3,(H,37,40). The van der Waals surface area contributed by atoms with Gasteiger partial charge in [0.1, 0.15) is 11.6 Å². The van der Waals surface area contributed by atoms with Gasteiger partial charge in [0.15, 0.2) is 0 Å². The molecule has 1 saturated heterocycles. The van der Waals surface area contributed by atoms with Crippen LogP contribution in [0.15, 0.2) is 48.5 Å². The first-order valence-electron chi connectivity index (χ1n) is 12.9. The molecular weight excluding hydrogens is 536 g/mol. The maximum atomic E-state index is 13.2. The van der Waals surface area contributed by atoms with Crippen LogP contribution >= 0.6 is 0 Å². The summed E-state index contributed by atoms with van der Waals surface area (Å²) in [5.74, 6) is 1.38. The lowest BCUT2D eigenvalue weighted by atomic mass is 10.0. The minimum atomic E-state index is -5.01. The summed E-state index contributed by atoms with van der Waals surface area (Å²) in [7, 11) is 0. The van der Waals surface area contributed by atoms with E-state index in [4.69, 9.17) is 4.98 Å². The molecule has 40 heavy (non-hydrogen) atoms. The molecule has 0 unspecified atom stereocenters. The van der Waals surface area contributed by atoms with Gasteiger partial charge in [-0.3, -0.25) is 0 Å². The molecule has 0 radical (unpaired) electrons. The Morgan fingerprint density at radius 3 is 2.15 bits per heavy atom. The van der Waals surface area contributed by atoms with Gasteiger partial charge < -0.3 is 15.1 Å². The van der Waals surface area contributed by atoms with Crippen LogP contribution in [0.1, 0.15) is 47.1 Å². The van der Waals surface area contributed by atoms with E-state index in [1.54, 1.807) is 0 Å². The van der Waals surface area contributed by atoms with Crippen LogP contribution in [-0.2, 0) is 25.2 Å². The van der Waals surface area contributed by atoms with Crippen molar-refractivity contribution >= 4 is 17.5 Å². The lowest BCUT2D eigenvalue weighted by Crippen LogP contribution is -2.38. The van der Waals surface area contributed by atoms with Crippen LogP contribution in [0, 0.1) is 6.92 Å². The van der Waals surface area contributed by atoms with E-state index < -0.39 is 35.2 Å². The number of aromatic nitrogens is 2. The van der Waals surface area contributed by atoms with Crippen molar-refractivity contribution in [3.8, 4) is 0 Å². The van der Waals surface area contributed by atoms with Crippen molar-refractivity contribution in [2.45, 2.75) is 45.5 Å². The number of urea groups is 1. The predicted octanol–water partition coefficient (Wildman–Crippen LogP) is 6.72. The summed E-state index contributed by atoms with van der Waals surface area (Å²) in [5.41, 5.74) is -0.539. The van der Waals surface area contributed by atoms with Gasteiger partial charge in [-0.1, -0.05) is 37.3 Å². The number of anilines is 2. The lowest BCUT2D eigenvalue weighted by molar-refractivity contribution is -0.143. The number of hydrogen-bond acceptors (Lipinski definition) is 4. The van der Waals surface area contributed by atoms with E-state index in [2.05, 4.69) is 15.2 Å². The minimum absolute atomic E-state index is 0.0285. The van der Waals surface area contributed by atoms with Gasteiger partial charge in [0.05, 0.1) is 11.1 Å². The fourth-order valence-corrected chi connectivity index (χ4v) is 4.73. The fourth-order valence-electron chi connectivity index (χ4n) is 4.73. The second-order valence-corrected chi connectivity index (χ2v) is 9.59. The van der Waals surface area contributed by atoms with E-state index in [-0.39, 0.29) is 19.2 Å². The third-order valence-corrected chi connectivity index (χ3v) is 6.66. The molecule has 0 saturated carbocycles. The number of nitrogens with one attached hydrogen (secondary N) is 1. The zero-order valence-corrected chi connectivity index (χ0v) is 22.0. The van der Waals surface area contributed by atoms with Crippen molar-refractivity contribution in [1.29, 1.82) is 0 Å². The van der Waals surface area contributed by atoms with Crippen molar-refractivity contribution in [2.75, 3.05) is 36.4 Å². The molecule has 4 rings (SSSR count). The predicted molar refractivity (Wildman–Crippen MR) is 139 cm³/mol.